The summed E-state index contributed by atoms with van der Waals surface area (Å²) in [6.45, 7) is 2.28. The van der Waals surface area contributed by atoms with E-state index in [0.717, 1.165) is 17.3 Å². The van der Waals surface area contributed by atoms with Crippen LogP contribution in [0.25, 0.3) is 0 Å². The molecule has 4 aromatic carbocycles. The van der Waals surface area contributed by atoms with E-state index in [4.69, 9.17) is 28.8 Å². The van der Waals surface area contributed by atoms with E-state index in [9.17, 15) is 63.3 Å². The predicted octanol–water partition coefficient (Wildman–Crippen LogP) is -0.00800. The Labute approximate surface area is 477 Å². The zero-order valence-electron chi connectivity index (χ0n) is 44.9. The molecule has 4 rings (SSSR count). The lowest BCUT2D eigenvalue weighted by atomic mass is 10.00. The normalized spacial score (nSPS) is 13.9. The van der Waals surface area contributed by atoms with E-state index in [0.29, 0.717) is 28.1 Å². The number of phenols is 2. The number of thioether (sulfide) groups is 1. The predicted molar refractivity (Wildman–Crippen MR) is 302 cm³/mol. The van der Waals surface area contributed by atoms with Gasteiger partial charge in [-0.05, 0) is 123 Å². The minimum absolute atomic E-state index is 0.0245. The van der Waals surface area contributed by atoms with Crippen LogP contribution in [0.4, 0.5) is 4.79 Å². The number of aliphatic hydroxyl groups excluding tert-OH is 1. The SMILES string of the molecule is CSC(=O)NC[C@@H](NC(=O)CCc1ccc(Cl)cc1)C(=O)N[C@@H](Cc1ccc(O)cc1)C(=O)N[C@H](Cc1ccc(C(N)=O)cc1)C(=O)N[C@@H](CCCCN)C(=O)NC(C(=O)N[C@@H](C)C(=O)N[C@H](Cc1ccc(O)cc1)C(N)=O)C(C)O. The molecule has 0 saturated carbocycles. The molecule has 26 heteroatoms. The number of nitrogens with one attached hydrogen (secondary N) is 8. The van der Waals surface area contributed by atoms with E-state index < -0.39 is 113 Å². The lowest BCUT2D eigenvalue weighted by Crippen LogP contribution is -2.62. The third-order valence-electron chi connectivity index (χ3n) is 12.6. The fourth-order valence-electron chi connectivity index (χ4n) is 7.96. The third kappa shape index (κ3) is 22.4. The van der Waals surface area contributed by atoms with Crippen LogP contribution in [0.1, 0.15) is 72.1 Å². The number of amides is 10. The average Bonchev–Trinajstić information content (AvgIpc) is 3.43. The number of rotatable bonds is 31. The lowest BCUT2D eigenvalue weighted by Gasteiger charge is -2.28. The highest BCUT2D eigenvalue weighted by Crippen LogP contribution is 2.16. The molecule has 2 unspecified atom stereocenters. The Bertz CT molecular complexity index is 2810. The van der Waals surface area contributed by atoms with E-state index >= 15 is 0 Å². The van der Waals surface area contributed by atoms with Gasteiger partial charge in [0.25, 0.3) is 5.24 Å². The largest absolute Gasteiger partial charge is 0.508 e. The van der Waals surface area contributed by atoms with Gasteiger partial charge in [0.2, 0.25) is 53.2 Å². The first-order chi connectivity index (χ1) is 38.5. The molecule has 24 nitrogen and oxygen atoms in total. The highest BCUT2D eigenvalue weighted by Gasteiger charge is 2.35. The van der Waals surface area contributed by atoms with Gasteiger partial charge in [-0.3, -0.25) is 47.9 Å². The molecule has 4 aromatic rings. The maximum atomic E-state index is 14.7. The van der Waals surface area contributed by atoms with Crippen LogP contribution in [-0.4, -0.2) is 141 Å². The van der Waals surface area contributed by atoms with Gasteiger partial charge in [0, 0.05) is 42.8 Å². The Morgan fingerprint density at radius 3 is 1.48 bits per heavy atom. The van der Waals surface area contributed by atoms with Crippen LogP contribution in [0.15, 0.2) is 97.1 Å². The van der Waals surface area contributed by atoms with E-state index in [1.54, 1.807) is 24.3 Å². The van der Waals surface area contributed by atoms with Crippen LogP contribution < -0.4 is 59.7 Å². The molecular weight excluding hydrogens is 1090 g/mol. The first-order valence-electron chi connectivity index (χ1n) is 25.8. The fourth-order valence-corrected chi connectivity index (χ4v) is 8.32. The number of hydrogen-bond donors (Lipinski definition) is 14. The Morgan fingerprint density at radius 1 is 0.543 bits per heavy atom. The van der Waals surface area contributed by atoms with Crippen molar-refractivity contribution in [2.45, 2.75) is 114 Å². The second kappa shape index (κ2) is 32.7. The number of aryl methyl sites for hydroxylation is 1. The third-order valence-corrected chi connectivity index (χ3v) is 13.4. The Balaban J connectivity index is 1.61. The van der Waals surface area contributed by atoms with Crippen LogP contribution >= 0.6 is 23.4 Å². The summed E-state index contributed by atoms with van der Waals surface area (Å²) in [4.78, 5) is 135. The van der Waals surface area contributed by atoms with Crippen molar-refractivity contribution in [2.75, 3.05) is 19.3 Å². The summed E-state index contributed by atoms with van der Waals surface area (Å²) in [5.41, 5.74) is 19.1. The first kappa shape index (κ1) is 65.3. The molecule has 0 aliphatic carbocycles. The molecule has 0 heterocycles. The number of carbonyl (C=O) groups is 10. The minimum atomic E-state index is -1.72. The number of primary amides is 2. The van der Waals surface area contributed by atoms with Gasteiger partial charge in [0.1, 0.15) is 53.8 Å². The number of nitrogens with two attached hydrogens (primary N) is 3. The van der Waals surface area contributed by atoms with Crippen molar-refractivity contribution in [1.29, 1.82) is 0 Å². The molecule has 0 spiro atoms. The average molecular weight is 1160 g/mol. The molecule has 0 bridgehead atoms. The van der Waals surface area contributed by atoms with Crippen molar-refractivity contribution >= 4 is 81.8 Å². The number of carbonyl (C=O) groups excluding carboxylic acids is 10. The summed E-state index contributed by atoms with van der Waals surface area (Å²) in [6, 6.07) is 13.8. The molecule has 0 radical (unpaired) electrons. The maximum Gasteiger partial charge on any atom is 0.278 e. The second-order valence-electron chi connectivity index (χ2n) is 19.0. The van der Waals surface area contributed by atoms with E-state index in [-0.39, 0.29) is 68.6 Å². The van der Waals surface area contributed by atoms with Crippen LogP contribution in [0.3, 0.4) is 0 Å². The van der Waals surface area contributed by atoms with Crippen molar-refractivity contribution in [3.63, 3.8) is 0 Å². The zero-order chi connectivity index (χ0) is 59.8. The van der Waals surface area contributed by atoms with Crippen molar-refractivity contribution in [3.05, 3.63) is 130 Å². The van der Waals surface area contributed by atoms with E-state index in [1.165, 1.54) is 92.9 Å². The minimum Gasteiger partial charge on any atom is -0.508 e. The highest BCUT2D eigenvalue weighted by molar-refractivity contribution is 8.12. The summed E-state index contributed by atoms with van der Waals surface area (Å²) >= 11 is 6.83. The van der Waals surface area contributed by atoms with Crippen LogP contribution in [0.5, 0.6) is 11.5 Å². The molecule has 17 N–H and O–H groups in total. The molecule has 0 aromatic heterocycles. The molecule has 10 amide bonds. The Hall–Kier alpha value is -8.26. The molecule has 0 aliphatic rings. The number of hydrogen-bond acceptors (Lipinski definition) is 15. The smallest absolute Gasteiger partial charge is 0.278 e. The van der Waals surface area contributed by atoms with Gasteiger partial charge in [-0.25, -0.2) is 0 Å². The molecule has 8 atom stereocenters. The standard InChI is InChI=1S/C55H70ClN11O13S/c1-30(49(74)64-41(48(59)73)26-34-11-20-38(69)21-12-34)61-54(79)46(31(2)68)67-50(75)40(6-4-5-25-57)63-51(76)42(27-33-7-16-36(17-8-33)47(58)72)65-52(77)43(28-35-13-22-39(70)23-14-35)66-53(78)44(29-60-55(80)81-3)62-45(71)24-15-32-9-18-37(56)19-10-32/h7-14,16-23,30-31,40-44,46,68-70H,4-6,15,24-29,57H2,1-3H3,(H2,58,72)(H2,59,73)(H,60,80)(H,61,79)(H,62,71)(H,63,76)(H,64,74)(H,65,77)(H,66,78)(H,67,75)/t30-,31?,40-,41+,42+,43-,44+,46?/m0/s1. The highest BCUT2D eigenvalue weighted by atomic mass is 35.5. The Kier molecular flexibility index (Phi) is 26.4. The van der Waals surface area contributed by atoms with Crippen LogP contribution in [-0.2, 0) is 64.0 Å². The Morgan fingerprint density at radius 2 is 1.00 bits per heavy atom. The molecular formula is C55H70ClN11O13S. The fraction of sp³-hybridized carbons (Fsp3) is 0.382. The van der Waals surface area contributed by atoms with Crippen LogP contribution in [0, 0.1) is 0 Å². The summed E-state index contributed by atoms with van der Waals surface area (Å²) in [5, 5.41) is 50.9. The molecule has 81 heavy (non-hydrogen) atoms. The molecule has 0 saturated heterocycles. The monoisotopic (exact) mass is 1160 g/mol. The molecule has 0 aliphatic heterocycles. The van der Waals surface area contributed by atoms with Gasteiger partial charge in [-0.2, -0.15) is 0 Å². The van der Waals surface area contributed by atoms with Crippen LogP contribution in [0.2, 0.25) is 5.02 Å². The van der Waals surface area contributed by atoms with Crippen molar-refractivity contribution in [3.8, 4) is 11.5 Å². The topological polar surface area (TPSA) is 406 Å². The maximum absolute atomic E-state index is 14.7. The van der Waals surface area contributed by atoms with Gasteiger partial charge in [0.05, 0.1) is 6.10 Å². The molecule has 0 fully saturated rings. The number of aromatic hydroxyl groups is 2. The van der Waals surface area contributed by atoms with Crippen molar-refractivity contribution < 1.29 is 63.3 Å². The van der Waals surface area contributed by atoms with Gasteiger partial charge < -0.3 is 75.1 Å². The second-order valence-corrected chi connectivity index (χ2v) is 20.2. The summed E-state index contributed by atoms with van der Waals surface area (Å²) in [5.74, 6) is -7.96. The van der Waals surface area contributed by atoms with Gasteiger partial charge >= 0.3 is 0 Å². The summed E-state index contributed by atoms with van der Waals surface area (Å²) in [7, 11) is 0. The van der Waals surface area contributed by atoms with Crippen molar-refractivity contribution in [1.82, 2.24) is 42.5 Å². The van der Waals surface area contributed by atoms with Gasteiger partial charge in [-0.1, -0.05) is 71.9 Å². The lowest BCUT2D eigenvalue weighted by molar-refractivity contribution is -0.136. The summed E-state index contributed by atoms with van der Waals surface area (Å²) < 4.78 is 0. The number of benzene rings is 4. The van der Waals surface area contributed by atoms with Gasteiger partial charge in [-0.15, -0.1) is 0 Å². The zero-order valence-corrected chi connectivity index (χ0v) is 46.4. The van der Waals surface area contributed by atoms with E-state index in [2.05, 4.69) is 42.5 Å². The number of phenolic OH excluding ortho intramolecular Hbond substituents is 2. The number of halogens is 1. The number of aliphatic hydroxyl groups is 1. The number of unbranched alkanes of at least 4 members (excludes halogenated alkanes) is 1. The first-order valence-corrected chi connectivity index (χ1v) is 27.4. The van der Waals surface area contributed by atoms with Crippen molar-refractivity contribution in [2.24, 2.45) is 17.2 Å². The van der Waals surface area contributed by atoms with E-state index in [1.807, 2.05) is 0 Å². The molecule has 436 valence electrons. The quantitative estimate of drug-likeness (QED) is 0.0295. The summed E-state index contributed by atoms with van der Waals surface area (Å²) in [6.07, 6.45) is 0.0902. The van der Waals surface area contributed by atoms with Gasteiger partial charge in [0.15, 0.2) is 0 Å².